The number of para-hydroxylation sites is 1. The first kappa shape index (κ1) is 22.7. The zero-order valence-electron chi connectivity index (χ0n) is 18.3. The van der Waals surface area contributed by atoms with Crippen molar-refractivity contribution in [3.8, 4) is 11.5 Å². The van der Waals surface area contributed by atoms with E-state index >= 15 is 0 Å². The van der Waals surface area contributed by atoms with Gasteiger partial charge in [0, 0.05) is 11.6 Å². The van der Waals surface area contributed by atoms with E-state index < -0.39 is 11.8 Å². The molecule has 0 aliphatic rings. The van der Waals surface area contributed by atoms with E-state index in [1.54, 1.807) is 43.5 Å². The molecule has 2 N–H and O–H groups in total. The number of benzene rings is 2. The predicted octanol–water partition coefficient (Wildman–Crippen LogP) is 3.95. The Morgan fingerprint density at radius 3 is 2.47 bits per heavy atom. The minimum Gasteiger partial charge on any atom is -0.497 e. The van der Waals surface area contributed by atoms with Crippen LogP contribution in [0.15, 0.2) is 77.0 Å². The molecule has 3 aromatic rings. The van der Waals surface area contributed by atoms with Gasteiger partial charge in [-0.2, -0.15) is 0 Å². The van der Waals surface area contributed by atoms with Gasteiger partial charge in [-0.05, 0) is 61.9 Å². The minimum atomic E-state index is -0.454. The van der Waals surface area contributed by atoms with Gasteiger partial charge in [0.15, 0.2) is 0 Å². The van der Waals surface area contributed by atoms with Crippen LogP contribution in [0.3, 0.4) is 0 Å². The Kier molecular flexibility index (Phi) is 7.70. The van der Waals surface area contributed by atoms with Gasteiger partial charge in [-0.1, -0.05) is 18.2 Å². The summed E-state index contributed by atoms with van der Waals surface area (Å²) in [6.07, 6.45) is 2.97. The van der Waals surface area contributed by atoms with Crippen LogP contribution in [-0.2, 0) is 4.79 Å². The highest BCUT2D eigenvalue weighted by molar-refractivity contribution is 6.05. The van der Waals surface area contributed by atoms with E-state index in [2.05, 4.69) is 10.6 Å². The van der Waals surface area contributed by atoms with Crippen molar-refractivity contribution in [2.24, 2.45) is 0 Å². The maximum atomic E-state index is 12.9. The summed E-state index contributed by atoms with van der Waals surface area (Å²) in [6.45, 7) is 4.06. The fraction of sp³-hybridized carbons (Fsp3) is 0.200. The number of nitrogens with one attached hydrogen (secondary N) is 2. The van der Waals surface area contributed by atoms with Crippen molar-refractivity contribution in [2.75, 3.05) is 13.7 Å². The molecule has 0 aliphatic carbocycles. The van der Waals surface area contributed by atoms with Crippen LogP contribution in [0.1, 0.15) is 28.6 Å². The molecule has 7 heteroatoms. The first-order valence-electron chi connectivity index (χ1n) is 10.2. The van der Waals surface area contributed by atoms with Crippen LogP contribution in [0.4, 0.5) is 0 Å². The predicted molar refractivity (Wildman–Crippen MR) is 121 cm³/mol. The molecule has 2 aromatic carbocycles. The first-order valence-corrected chi connectivity index (χ1v) is 10.2. The van der Waals surface area contributed by atoms with Crippen molar-refractivity contribution in [1.29, 1.82) is 0 Å². The number of hydrogen-bond donors (Lipinski definition) is 2. The maximum Gasteiger partial charge on any atom is 0.268 e. The highest BCUT2D eigenvalue weighted by Crippen LogP contribution is 2.16. The number of rotatable bonds is 9. The number of carbonyl (C=O) groups excluding carboxylic acids is 2. The maximum absolute atomic E-state index is 12.9. The molecule has 0 fully saturated rings. The van der Waals surface area contributed by atoms with Crippen LogP contribution in [0.5, 0.6) is 11.5 Å². The number of ether oxygens (including phenoxy) is 2. The van der Waals surface area contributed by atoms with Gasteiger partial charge in [-0.15, -0.1) is 0 Å². The van der Waals surface area contributed by atoms with Gasteiger partial charge in [0.2, 0.25) is 0 Å². The Hall–Kier alpha value is -4.00. The summed E-state index contributed by atoms with van der Waals surface area (Å²) < 4.78 is 16.2. The van der Waals surface area contributed by atoms with Crippen LogP contribution >= 0.6 is 0 Å². The van der Waals surface area contributed by atoms with E-state index in [4.69, 9.17) is 13.9 Å². The number of hydrogen-bond acceptors (Lipinski definition) is 5. The lowest BCUT2D eigenvalue weighted by atomic mass is 10.2. The number of carbonyl (C=O) groups is 2. The molecule has 1 atom stereocenters. The van der Waals surface area contributed by atoms with Gasteiger partial charge < -0.3 is 24.5 Å². The normalized spacial score (nSPS) is 12.0. The molecule has 166 valence electrons. The lowest BCUT2D eigenvalue weighted by Crippen LogP contribution is -2.41. The molecule has 0 radical (unpaired) electrons. The van der Waals surface area contributed by atoms with Crippen molar-refractivity contribution >= 4 is 17.9 Å². The van der Waals surface area contributed by atoms with E-state index in [-0.39, 0.29) is 18.3 Å². The van der Waals surface area contributed by atoms with Crippen LogP contribution in [-0.4, -0.2) is 31.6 Å². The van der Waals surface area contributed by atoms with E-state index in [1.807, 2.05) is 38.1 Å². The Morgan fingerprint density at radius 1 is 1.06 bits per heavy atom. The van der Waals surface area contributed by atoms with Crippen LogP contribution < -0.4 is 20.1 Å². The van der Waals surface area contributed by atoms with Gasteiger partial charge in [-0.3, -0.25) is 9.59 Å². The van der Waals surface area contributed by atoms with Crippen molar-refractivity contribution in [2.45, 2.75) is 19.9 Å². The van der Waals surface area contributed by atoms with Crippen LogP contribution in [0.2, 0.25) is 0 Å². The van der Waals surface area contributed by atoms with Crippen molar-refractivity contribution in [3.63, 3.8) is 0 Å². The number of furan rings is 1. The molecule has 0 saturated heterocycles. The quantitative estimate of drug-likeness (QED) is 0.498. The number of methoxy groups -OCH3 is 1. The zero-order valence-corrected chi connectivity index (χ0v) is 18.3. The molecular formula is C25H26N2O5. The Morgan fingerprint density at radius 2 is 1.81 bits per heavy atom. The summed E-state index contributed by atoms with van der Waals surface area (Å²) in [5.41, 5.74) is 1.46. The summed E-state index contributed by atoms with van der Waals surface area (Å²) in [5.74, 6) is 0.948. The highest BCUT2D eigenvalue weighted by Gasteiger charge is 2.18. The molecule has 7 nitrogen and oxygen atoms in total. The SMILES string of the molecule is COc1ccc(C(=O)N/C(=C\c2ccco2)C(=O)N[C@@H](C)COc2ccccc2C)cc1. The molecule has 0 saturated carbocycles. The Balaban J connectivity index is 1.68. The second kappa shape index (κ2) is 10.9. The lowest BCUT2D eigenvalue weighted by molar-refractivity contribution is -0.118. The molecule has 0 aliphatic heterocycles. The van der Waals surface area contributed by atoms with Gasteiger partial charge in [-0.25, -0.2) is 0 Å². The summed E-state index contributed by atoms with van der Waals surface area (Å²) in [6, 6.07) is 17.3. The third-order valence-corrected chi connectivity index (χ3v) is 4.63. The van der Waals surface area contributed by atoms with Gasteiger partial charge in [0.1, 0.15) is 29.6 Å². The van der Waals surface area contributed by atoms with Crippen molar-refractivity contribution in [1.82, 2.24) is 10.6 Å². The second-order valence-electron chi connectivity index (χ2n) is 7.21. The van der Waals surface area contributed by atoms with Gasteiger partial charge in [0.05, 0.1) is 19.4 Å². The average molecular weight is 434 g/mol. The minimum absolute atomic E-state index is 0.0588. The molecular weight excluding hydrogens is 408 g/mol. The molecule has 0 unspecified atom stereocenters. The summed E-state index contributed by atoms with van der Waals surface area (Å²) in [7, 11) is 1.55. The molecule has 1 heterocycles. The molecule has 0 bridgehead atoms. The topological polar surface area (TPSA) is 89.8 Å². The van der Waals surface area contributed by atoms with Crippen molar-refractivity contribution < 1.29 is 23.5 Å². The third-order valence-electron chi connectivity index (χ3n) is 4.63. The average Bonchev–Trinajstić information content (AvgIpc) is 3.31. The first-order chi connectivity index (χ1) is 15.5. The Bertz CT molecular complexity index is 1070. The lowest BCUT2D eigenvalue weighted by Gasteiger charge is -2.17. The number of amides is 2. The smallest absolute Gasteiger partial charge is 0.268 e. The summed E-state index contributed by atoms with van der Waals surface area (Å²) >= 11 is 0. The summed E-state index contributed by atoms with van der Waals surface area (Å²) in [4.78, 5) is 25.6. The van der Waals surface area contributed by atoms with E-state index in [0.29, 0.717) is 17.1 Å². The highest BCUT2D eigenvalue weighted by atomic mass is 16.5. The number of aryl methyl sites for hydroxylation is 1. The van der Waals surface area contributed by atoms with Gasteiger partial charge >= 0.3 is 0 Å². The van der Waals surface area contributed by atoms with Gasteiger partial charge in [0.25, 0.3) is 11.8 Å². The summed E-state index contributed by atoms with van der Waals surface area (Å²) in [5, 5.41) is 5.51. The fourth-order valence-electron chi connectivity index (χ4n) is 2.89. The molecule has 0 spiro atoms. The van der Waals surface area contributed by atoms with E-state index in [1.165, 1.54) is 12.3 Å². The molecule has 2 amide bonds. The molecule has 3 rings (SSSR count). The Labute approximate surface area is 187 Å². The third kappa shape index (κ3) is 6.25. The standard InChI is InChI=1S/C25H26N2O5/c1-17-7-4-5-9-23(17)32-16-18(2)26-25(29)22(15-21-8-6-14-31-21)27-24(28)19-10-12-20(30-3)13-11-19/h4-15,18H,16H2,1-3H3,(H,26,29)(H,27,28)/b22-15-/t18-/m0/s1. The van der Waals surface area contributed by atoms with Crippen LogP contribution in [0.25, 0.3) is 6.08 Å². The fourth-order valence-corrected chi connectivity index (χ4v) is 2.89. The molecule has 32 heavy (non-hydrogen) atoms. The second-order valence-corrected chi connectivity index (χ2v) is 7.21. The van der Waals surface area contributed by atoms with Crippen LogP contribution in [0, 0.1) is 6.92 Å². The monoisotopic (exact) mass is 434 g/mol. The largest absolute Gasteiger partial charge is 0.497 e. The zero-order chi connectivity index (χ0) is 22.9. The van der Waals surface area contributed by atoms with E-state index in [0.717, 1.165) is 11.3 Å². The van der Waals surface area contributed by atoms with E-state index in [9.17, 15) is 9.59 Å². The molecule has 1 aromatic heterocycles. The van der Waals surface area contributed by atoms with Crippen molar-refractivity contribution in [3.05, 3.63) is 89.5 Å².